The van der Waals surface area contributed by atoms with Gasteiger partial charge in [-0.05, 0) is 92.7 Å². The molecule has 0 spiro atoms. The molecule has 0 atom stereocenters. The summed E-state index contributed by atoms with van der Waals surface area (Å²) in [5.74, 6) is 4.21. The third-order valence-corrected chi connectivity index (χ3v) is 7.47. The smallest absolute Gasteiger partial charge is 0.154 e. The van der Waals surface area contributed by atoms with Gasteiger partial charge in [0.2, 0.25) is 0 Å². The molecule has 2 aromatic heterocycles. The molecule has 162 valence electrons. The fourth-order valence-electron chi connectivity index (χ4n) is 6.33. The topological polar surface area (TPSA) is 53.2 Å². The van der Waals surface area contributed by atoms with Crippen molar-refractivity contribution in [3.8, 4) is 22.9 Å². The van der Waals surface area contributed by atoms with Crippen LogP contribution in [0, 0.1) is 17.8 Å². The first-order valence-corrected chi connectivity index (χ1v) is 11.4. The summed E-state index contributed by atoms with van der Waals surface area (Å²) >= 11 is 6.03. The average molecular weight is 456 g/mol. The van der Waals surface area contributed by atoms with E-state index in [1.807, 2.05) is 48.8 Å². The molecule has 1 aromatic carbocycles. The average Bonchev–Trinajstić information content (AvgIpc) is 3.37. The first kappa shape index (κ1) is 20.7. The minimum Gasteiger partial charge on any atom is -0.455 e. The molecule has 0 aliphatic heterocycles. The van der Waals surface area contributed by atoms with Crippen LogP contribution in [-0.2, 0) is 0 Å². The summed E-state index contributed by atoms with van der Waals surface area (Å²) in [6.07, 6.45) is 12.0. The van der Waals surface area contributed by atoms with E-state index >= 15 is 0 Å². The highest BCUT2D eigenvalue weighted by molar-refractivity contribution is 6.30. The highest BCUT2D eigenvalue weighted by Crippen LogP contribution is 2.57. The van der Waals surface area contributed by atoms with E-state index in [0.29, 0.717) is 5.02 Å². The Balaban J connectivity index is 0.00000204. The molecule has 4 fully saturated rings. The summed E-state index contributed by atoms with van der Waals surface area (Å²) in [5.41, 5.74) is 3.09. The van der Waals surface area contributed by atoms with Crippen LogP contribution in [0.1, 0.15) is 44.2 Å². The van der Waals surface area contributed by atoms with Crippen LogP contribution in [0.25, 0.3) is 11.4 Å². The number of aliphatic imine (C=N–C) groups is 1. The second-order valence-electron chi connectivity index (χ2n) is 9.50. The Kier molecular flexibility index (Phi) is 5.39. The lowest BCUT2D eigenvalue weighted by Gasteiger charge is -2.54. The predicted molar refractivity (Wildman–Crippen MR) is 128 cm³/mol. The van der Waals surface area contributed by atoms with Crippen LogP contribution in [0.3, 0.4) is 0 Å². The number of hydrogen-bond acceptors (Lipinski definition) is 2. The van der Waals surface area contributed by atoms with E-state index in [2.05, 4.69) is 16.0 Å². The second kappa shape index (κ2) is 8.07. The summed E-state index contributed by atoms with van der Waals surface area (Å²) in [7, 11) is 0. The molecule has 2 N–H and O–H groups in total. The van der Waals surface area contributed by atoms with Gasteiger partial charge in [-0.1, -0.05) is 11.6 Å². The van der Waals surface area contributed by atoms with Crippen LogP contribution in [0.2, 0.25) is 5.02 Å². The van der Waals surface area contributed by atoms with Crippen molar-refractivity contribution in [2.24, 2.45) is 22.7 Å². The van der Waals surface area contributed by atoms with Gasteiger partial charge in [0.15, 0.2) is 5.75 Å². The molecule has 0 radical (unpaired) electrons. The third-order valence-electron chi connectivity index (χ3n) is 7.21. The van der Waals surface area contributed by atoms with Crippen LogP contribution in [0.5, 0.6) is 11.5 Å². The minimum atomic E-state index is 0. The molecule has 6 heteroatoms. The molecule has 2 heterocycles. The molecule has 0 unspecified atom stereocenters. The summed E-state index contributed by atoms with van der Waals surface area (Å²) in [4.78, 5) is 12.0. The van der Waals surface area contributed by atoms with Gasteiger partial charge in [0.25, 0.3) is 0 Å². The lowest BCUT2D eigenvalue weighted by molar-refractivity contribution is 0.00194. The standard InChI is InChI=1S/C25H26ClN3O.ClH/c26-19-3-5-20(6-4-19)30-24-11-22(21-2-1-7-27-21)29-23(24)15-28-25-12-16-8-17(13-25)10-18(9-16)14-25;/h1-7,11,15-18,27,29H,8-10,12-14H2;1H. The normalized spacial score (nSPS) is 28.7. The largest absolute Gasteiger partial charge is 0.455 e. The summed E-state index contributed by atoms with van der Waals surface area (Å²) in [5, 5.41) is 0.701. The van der Waals surface area contributed by atoms with Gasteiger partial charge in [0, 0.05) is 23.5 Å². The van der Waals surface area contributed by atoms with E-state index in [1.54, 1.807) is 0 Å². The number of aromatic amines is 2. The highest BCUT2D eigenvalue weighted by Gasteiger charge is 2.50. The van der Waals surface area contributed by atoms with E-state index in [0.717, 1.165) is 46.3 Å². The van der Waals surface area contributed by atoms with Gasteiger partial charge < -0.3 is 14.7 Å². The number of rotatable bonds is 5. The van der Waals surface area contributed by atoms with E-state index in [-0.39, 0.29) is 17.9 Å². The van der Waals surface area contributed by atoms with Crippen LogP contribution < -0.4 is 4.74 Å². The van der Waals surface area contributed by atoms with Crippen molar-refractivity contribution >= 4 is 30.2 Å². The minimum absolute atomic E-state index is 0. The number of halogens is 2. The van der Waals surface area contributed by atoms with E-state index < -0.39 is 0 Å². The summed E-state index contributed by atoms with van der Waals surface area (Å²) in [6, 6.07) is 13.6. The Morgan fingerprint density at radius 1 is 0.968 bits per heavy atom. The van der Waals surface area contributed by atoms with Crippen LogP contribution >= 0.6 is 24.0 Å². The molecule has 4 aliphatic carbocycles. The maximum atomic E-state index is 6.22. The Hall–Kier alpha value is -2.17. The van der Waals surface area contributed by atoms with Gasteiger partial charge in [0.1, 0.15) is 11.4 Å². The maximum Gasteiger partial charge on any atom is 0.154 e. The van der Waals surface area contributed by atoms with E-state index in [1.165, 1.54) is 38.5 Å². The Bertz CT molecular complexity index is 1030. The quantitative estimate of drug-likeness (QED) is 0.390. The molecule has 4 aliphatic rings. The van der Waals surface area contributed by atoms with Crippen molar-refractivity contribution in [2.45, 2.75) is 44.1 Å². The van der Waals surface area contributed by atoms with Gasteiger partial charge in [-0.3, -0.25) is 4.99 Å². The monoisotopic (exact) mass is 455 g/mol. The lowest BCUT2D eigenvalue weighted by Crippen LogP contribution is -2.49. The molecular formula is C25H27Cl2N3O. The van der Waals surface area contributed by atoms with Gasteiger partial charge >= 0.3 is 0 Å². The van der Waals surface area contributed by atoms with Gasteiger partial charge in [0.05, 0.1) is 16.9 Å². The van der Waals surface area contributed by atoms with Crippen LogP contribution in [0.4, 0.5) is 0 Å². The Labute approximate surface area is 193 Å². The zero-order chi connectivity index (χ0) is 20.1. The van der Waals surface area contributed by atoms with Crippen LogP contribution in [-0.4, -0.2) is 21.7 Å². The number of benzene rings is 1. The molecule has 0 saturated heterocycles. The molecule has 4 bridgehead atoms. The van der Waals surface area contributed by atoms with E-state index in [9.17, 15) is 0 Å². The maximum absolute atomic E-state index is 6.22. The zero-order valence-electron chi connectivity index (χ0n) is 17.3. The molecule has 31 heavy (non-hydrogen) atoms. The number of nitrogens with one attached hydrogen (secondary N) is 2. The molecule has 3 aromatic rings. The first-order chi connectivity index (χ1) is 14.6. The predicted octanol–water partition coefficient (Wildman–Crippen LogP) is 7.27. The molecule has 7 rings (SSSR count). The lowest BCUT2D eigenvalue weighted by atomic mass is 9.53. The van der Waals surface area contributed by atoms with Crippen molar-refractivity contribution in [2.75, 3.05) is 0 Å². The number of hydrogen-bond donors (Lipinski definition) is 2. The van der Waals surface area contributed by atoms with Gasteiger partial charge in [-0.15, -0.1) is 12.4 Å². The van der Waals surface area contributed by atoms with Crippen LogP contribution in [0.15, 0.2) is 53.7 Å². The SMILES string of the molecule is Cl.Clc1ccc(Oc2cc(-c3ccc[nH]3)[nH]c2C=NC23CC4CC(CC(C4)C2)C3)cc1. The van der Waals surface area contributed by atoms with E-state index in [4.69, 9.17) is 21.3 Å². The van der Waals surface area contributed by atoms with Crippen molar-refractivity contribution in [3.63, 3.8) is 0 Å². The highest BCUT2D eigenvalue weighted by atomic mass is 35.5. The molecule has 4 nitrogen and oxygen atoms in total. The van der Waals surface area contributed by atoms with Crippen molar-refractivity contribution in [1.29, 1.82) is 0 Å². The zero-order valence-corrected chi connectivity index (χ0v) is 18.9. The Morgan fingerprint density at radius 3 is 2.26 bits per heavy atom. The number of aromatic nitrogens is 2. The fourth-order valence-corrected chi connectivity index (χ4v) is 6.46. The molecular weight excluding hydrogens is 429 g/mol. The third kappa shape index (κ3) is 4.04. The number of H-pyrrole nitrogens is 2. The Morgan fingerprint density at radius 2 is 1.65 bits per heavy atom. The first-order valence-electron chi connectivity index (χ1n) is 11.0. The summed E-state index contributed by atoms with van der Waals surface area (Å²) < 4.78 is 6.22. The fraction of sp³-hybridized carbons (Fsp3) is 0.400. The van der Waals surface area contributed by atoms with Crippen molar-refractivity contribution < 1.29 is 4.74 Å². The molecule has 0 amide bonds. The number of nitrogens with zero attached hydrogens (tertiary/aromatic N) is 1. The van der Waals surface area contributed by atoms with Gasteiger partial charge in [-0.2, -0.15) is 0 Å². The van der Waals surface area contributed by atoms with Crippen molar-refractivity contribution in [3.05, 3.63) is 59.4 Å². The number of ether oxygens (including phenoxy) is 1. The molecule has 4 saturated carbocycles. The second-order valence-corrected chi connectivity index (χ2v) is 9.94. The van der Waals surface area contributed by atoms with Crippen molar-refractivity contribution in [1.82, 2.24) is 9.97 Å². The summed E-state index contributed by atoms with van der Waals surface area (Å²) in [6.45, 7) is 0. The van der Waals surface area contributed by atoms with Gasteiger partial charge in [-0.25, -0.2) is 0 Å².